The highest BCUT2D eigenvalue weighted by Crippen LogP contribution is 2.15. The molecule has 0 radical (unpaired) electrons. The Labute approximate surface area is 116 Å². The third-order valence-corrected chi connectivity index (χ3v) is 2.57. The van der Waals surface area contributed by atoms with Crippen molar-refractivity contribution >= 4 is 11.9 Å². The first-order valence-electron chi connectivity index (χ1n) is 6.80. The summed E-state index contributed by atoms with van der Waals surface area (Å²) in [5.74, 6) is -0.817. The number of hydrogen-bond donors (Lipinski definition) is 0. The summed E-state index contributed by atoms with van der Waals surface area (Å²) in [6, 6.07) is 0. The summed E-state index contributed by atoms with van der Waals surface area (Å²) in [6.07, 6.45) is 6.11. The van der Waals surface area contributed by atoms with Crippen LogP contribution in [0.4, 0.5) is 0 Å². The molecule has 0 atom stereocenters. The van der Waals surface area contributed by atoms with Crippen molar-refractivity contribution in [1.82, 2.24) is 0 Å². The van der Waals surface area contributed by atoms with Gasteiger partial charge in [-0.05, 0) is 40.5 Å². The number of carbonyl (C=O) groups is 2. The summed E-state index contributed by atoms with van der Waals surface area (Å²) >= 11 is 0. The first-order valence-corrected chi connectivity index (χ1v) is 6.80. The highest BCUT2D eigenvalue weighted by Gasteiger charge is 2.23. The third kappa shape index (κ3) is 8.41. The second-order valence-electron chi connectivity index (χ2n) is 5.61. The Morgan fingerprint density at radius 3 is 2.26 bits per heavy atom. The number of rotatable bonds is 7. The summed E-state index contributed by atoms with van der Waals surface area (Å²) in [7, 11) is 0. The lowest BCUT2D eigenvalue weighted by Gasteiger charge is -2.16. The van der Waals surface area contributed by atoms with Crippen LogP contribution in [-0.2, 0) is 19.1 Å². The Hall–Kier alpha value is -1.32. The third-order valence-electron chi connectivity index (χ3n) is 2.57. The zero-order chi connectivity index (χ0) is 14.9. The fraction of sp³-hybridized carbons (Fsp3) is 0.733. The summed E-state index contributed by atoms with van der Waals surface area (Å²) in [5.41, 5.74) is -0.0276. The fourth-order valence-electron chi connectivity index (χ4n) is 1.26. The zero-order valence-electron chi connectivity index (χ0n) is 12.7. The van der Waals surface area contributed by atoms with Crippen LogP contribution in [0.1, 0.15) is 60.3 Å². The van der Waals surface area contributed by atoms with Crippen molar-refractivity contribution in [3.63, 3.8) is 0 Å². The molecule has 4 nitrogen and oxygen atoms in total. The molecule has 0 aromatic carbocycles. The molecule has 0 unspecified atom stereocenters. The largest absolute Gasteiger partial charge is 0.427 e. The molecule has 0 aliphatic heterocycles. The molecule has 0 bridgehead atoms. The van der Waals surface area contributed by atoms with E-state index in [-0.39, 0.29) is 12.8 Å². The monoisotopic (exact) mass is 270 g/mol. The number of ether oxygens (including phenoxy) is 2. The topological polar surface area (TPSA) is 52.6 Å². The van der Waals surface area contributed by atoms with Crippen molar-refractivity contribution in [2.45, 2.75) is 60.3 Å². The van der Waals surface area contributed by atoms with E-state index in [1.165, 1.54) is 0 Å². The lowest BCUT2D eigenvalue weighted by Crippen LogP contribution is -2.24. The second-order valence-corrected chi connectivity index (χ2v) is 5.61. The minimum atomic E-state index is -0.586. The van der Waals surface area contributed by atoms with Crippen molar-refractivity contribution in [2.24, 2.45) is 5.41 Å². The Bertz CT molecular complexity index is 324. The van der Waals surface area contributed by atoms with E-state index < -0.39 is 11.4 Å². The van der Waals surface area contributed by atoms with Crippen LogP contribution in [0, 0.1) is 5.41 Å². The predicted molar refractivity (Wildman–Crippen MR) is 74.4 cm³/mol. The molecule has 0 amide bonds. The number of unbranched alkanes of at least 4 members (excludes halogenated alkanes) is 3. The van der Waals surface area contributed by atoms with Gasteiger partial charge in [-0.15, -0.1) is 0 Å². The smallest absolute Gasteiger partial charge is 0.336 e. The maximum Gasteiger partial charge on any atom is 0.336 e. The molecule has 4 heteroatoms. The van der Waals surface area contributed by atoms with Crippen molar-refractivity contribution < 1.29 is 19.1 Å². The van der Waals surface area contributed by atoms with Gasteiger partial charge in [0.15, 0.2) is 0 Å². The molecule has 0 heterocycles. The van der Waals surface area contributed by atoms with E-state index in [1.807, 2.05) is 6.08 Å². The Morgan fingerprint density at radius 2 is 1.74 bits per heavy atom. The van der Waals surface area contributed by atoms with Gasteiger partial charge in [-0.3, -0.25) is 4.79 Å². The SMILES string of the molecule is CCCCC/C=C(/C)C(=O)OCOC(=O)C(C)(C)C. The van der Waals surface area contributed by atoms with Crippen LogP contribution in [0.25, 0.3) is 0 Å². The highest BCUT2D eigenvalue weighted by molar-refractivity contribution is 5.87. The van der Waals surface area contributed by atoms with Crippen LogP contribution in [0.15, 0.2) is 11.6 Å². The van der Waals surface area contributed by atoms with Gasteiger partial charge < -0.3 is 9.47 Å². The van der Waals surface area contributed by atoms with Gasteiger partial charge in [0.1, 0.15) is 0 Å². The minimum absolute atomic E-state index is 0.324. The van der Waals surface area contributed by atoms with Crippen molar-refractivity contribution in [1.29, 1.82) is 0 Å². The number of esters is 2. The first kappa shape index (κ1) is 17.7. The van der Waals surface area contributed by atoms with E-state index in [4.69, 9.17) is 9.47 Å². The Morgan fingerprint density at radius 1 is 1.11 bits per heavy atom. The molecule has 0 fully saturated rings. The normalized spacial score (nSPS) is 12.2. The number of allylic oxidation sites excluding steroid dienone is 1. The molecule has 0 aliphatic rings. The summed E-state index contributed by atoms with van der Waals surface area (Å²) < 4.78 is 9.74. The van der Waals surface area contributed by atoms with E-state index in [9.17, 15) is 9.59 Å². The molecule has 0 aliphatic carbocycles. The average Bonchev–Trinajstić information content (AvgIpc) is 2.32. The highest BCUT2D eigenvalue weighted by atomic mass is 16.7. The van der Waals surface area contributed by atoms with Gasteiger partial charge in [-0.2, -0.15) is 0 Å². The molecule has 110 valence electrons. The molecule has 0 rings (SSSR count). The molecule has 0 saturated heterocycles. The quantitative estimate of drug-likeness (QED) is 0.307. The first-order chi connectivity index (χ1) is 8.79. The molecular formula is C15H26O4. The van der Waals surface area contributed by atoms with Crippen LogP contribution in [0.2, 0.25) is 0 Å². The predicted octanol–water partition coefficient (Wildman–Crippen LogP) is 3.60. The second kappa shape index (κ2) is 8.73. The van der Waals surface area contributed by atoms with Gasteiger partial charge >= 0.3 is 11.9 Å². The van der Waals surface area contributed by atoms with E-state index in [2.05, 4.69) is 6.92 Å². The maximum absolute atomic E-state index is 11.6. The van der Waals surface area contributed by atoms with Crippen LogP contribution in [-0.4, -0.2) is 18.7 Å². The summed E-state index contributed by atoms with van der Waals surface area (Å²) in [4.78, 5) is 23.0. The molecule has 0 spiro atoms. The van der Waals surface area contributed by atoms with Crippen molar-refractivity contribution in [2.75, 3.05) is 6.79 Å². The van der Waals surface area contributed by atoms with E-state index in [1.54, 1.807) is 27.7 Å². The standard InChI is InChI=1S/C15H26O4/c1-6-7-8-9-10-12(2)13(16)18-11-19-14(17)15(3,4)5/h10H,6-9,11H2,1-5H3/b12-10-. The van der Waals surface area contributed by atoms with E-state index in [0.717, 1.165) is 25.7 Å². The number of hydrogen-bond acceptors (Lipinski definition) is 4. The van der Waals surface area contributed by atoms with Gasteiger partial charge in [0, 0.05) is 5.57 Å². The van der Waals surface area contributed by atoms with Gasteiger partial charge in [0.05, 0.1) is 5.41 Å². The Balaban J connectivity index is 3.94. The van der Waals surface area contributed by atoms with Crippen molar-refractivity contribution in [3.8, 4) is 0 Å². The molecular weight excluding hydrogens is 244 g/mol. The van der Waals surface area contributed by atoms with Crippen LogP contribution in [0.3, 0.4) is 0 Å². The molecule has 0 aromatic rings. The lowest BCUT2D eigenvalue weighted by molar-refractivity contribution is -0.171. The van der Waals surface area contributed by atoms with E-state index in [0.29, 0.717) is 5.57 Å². The van der Waals surface area contributed by atoms with Crippen molar-refractivity contribution in [3.05, 3.63) is 11.6 Å². The minimum Gasteiger partial charge on any atom is -0.427 e. The molecule has 0 N–H and O–H groups in total. The Kier molecular flexibility index (Phi) is 8.12. The molecule has 0 aromatic heterocycles. The van der Waals surface area contributed by atoms with Crippen LogP contribution >= 0.6 is 0 Å². The fourth-order valence-corrected chi connectivity index (χ4v) is 1.26. The van der Waals surface area contributed by atoms with Gasteiger partial charge in [-0.1, -0.05) is 25.8 Å². The average molecular weight is 270 g/mol. The molecule has 0 saturated carbocycles. The molecule has 19 heavy (non-hydrogen) atoms. The summed E-state index contributed by atoms with van der Waals surface area (Å²) in [6.45, 7) is 8.76. The van der Waals surface area contributed by atoms with E-state index >= 15 is 0 Å². The number of carbonyl (C=O) groups excluding carboxylic acids is 2. The van der Waals surface area contributed by atoms with Gasteiger partial charge in [-0.25, -0.2) is 4.79 Å². The maximum atomic E-state index is 11.6. The summed E-state index contributed by atoms with van der Waals surface area (Å²) in [5, 5.41) is 0. The van der Waals surface area contributed by atoms with Gasteiger partial charge in [0.25, 0.3) is 0 Å². The van der Waals surface area contributed by atoms with Gasteiger partial charge in [0.2, 0.25) is 6.79 Å². The lowest BCUT2D eigenvalue weighted by atomic mass is 9.98. The van der Waals surface area contributed by atoms with Crippen LogP contribution in [0.5, 0.6) is 0 Å². The zero-order valence-corrected chi connectivity index (χ0v) is 12.7. The van der Waals surface area contributed by atoms with Crippen LogP contribution < -0.4 is 0 Å².